The van der Waals surface area contributed by atoms with Crippen molar-refractivity contribution in [2.24, 2.45) is 5.73 Å². The Hall–Kier alpha value is -1.39. The van der Waals surface area contributed by atoms with Gasteiger partial charge in [0.05, 0.1) is 0 Å². The molecule has 1 unspecified atom stereocenters. The molecule has 0 aliphatic carbocycles. The molecule has 0 bridgehead atoms. The van der Waals surface area contributed by atoms with Crippen molar-refractivity contribution in [3.63, 3.8) is 0 Å². The van der Waals surface area contributed by atoms with Crippen LogP contribution < -0.4 is 11.1 Å². The number of hydrogen-bond donors (Lipinski definition) is 2. The highest BCUT2D eigenvalue weighted by molar-refractivity contribution is 5.76. The molecule has 3 N–H and O–H groups in total. The van der Waals surface area contributed by atoms with E-state index in [1.807, 2.05) is 30.3 Å². The van der Waals surface area contributed by atoms with Gasteiger partial charge in [-0.15, -0.1) is 0 Å². The van der Waals surface area contributed by atoms with Gasteiger partial charge in [0.1, 0.15) is 0 Å². The van der Waals surface area contributed by atoms with Gasteiger partial charge in [-0.2, -0.15) is 0 Å². The minimum Gasteiger partial charge on any atom is -0.355 e. The van der Waals surface area contributed by atoms with Gasteiger partial charge in [0.15, 0.2) is 0 Å². The molecule has 4 heteroatoms. The Bertz CT molecular complexity index is 388. The van der Waals surface area contributed by atoms with Crippen molar-refractivity contribution in [2.45, 2.75) is 25.3 Å². The number of likely N-dealkylation sites (tertiary alicyclic amines) is 1. The van der Waals surface area contributed by atoms with Crippen LogP contribution in [0.25, 0.3) is 0 Å². The molecule has 1 aliphatic rings. The van der Waals surface area contributed by atoms with Crippen molar-refractivity contribution in [3.8, 4) is 0 Å². The van der Waals surface area contributed by atoms with E-state index in [0.717, 1.165) is 18.7 Å². The van der Waals surface area contributed by atoms with Gasteiger partial charge >= 0.3 is 0 Å². The third-order valence-electron chi connectivity index (χ3n) is 3.58. The summed E-state index contributed by atoms with van der Waals surface area (Å²) in [5.74, 6) is 0.0375. The molecular formula is C15H23N3O. The summed E-state index contributed by atoms with van der Waals surface area (Å²) in [6.45, 7) is 4.01. The summed E-state index contributed by atoms with van der Waals surface area (Å²) in [5.41, 5.74) is 7.03. The Morgan fingerprint density at radius 2 is 1.95 bits per heavy atom. The van der Waals surface area contributed by atoms with E-state index in [1.54, 1.807) is 0 Å². The number of carbonyl (C=O) groups excluding carboxylic acids is 1. The fraction of sp³-hybridized carbons (Fsp3) is 0.533. The zero-order valence-corrected chi connectivity index (χ0v) is 11.3. The molecule has 0 saturated carbocycles. The molecule has 1 atom stereocenters. The second-order valence-electron chi connectivity index (χ2n) is 5.12. The van der Waals surface area contributed by atoms with Gasteiger partial charge in [0, 0.05) is 25.6 Å². The minimum absolute atomic E-state index is 0.0375. The van der Waals surface area contributed by atoms with E-state index in [4.69, 9.17) is 5.73 Å². The molecule has 104 valence electrons. The van der Waals surface area contributed by atoms with E-state index in [2.05, 4.69) is 10.2 Å². The smallest absolute Gasteiger partial charge is 0.221 e. The zero-order chi connectivity index (χ0) is 13.5. The molecule has 1 aliphatic heterocycles. The molecule has 19 heavy (non-hydrogen) atoms. The first-order valence-corrected chi connectivity index (χ1v) is 7.05. The first kappa shape index (κ1) is 14.0. The van der Waals surface area contributed by atoms with Crippen molar-refractivity contribution < 1.29 is 4.79 Å². The molecule has 1 amide bonds. The number of carbonyl (C=O) groups is 1. The second kappa shape index (κ2) is 7.26. The number of hydrogen-bond acceptors (Lipinski definition) is 3. The van der Waals surface area contributed by atoms with Crippen LogP contribution in [0.3, 0.4) is 0 Å². The van der Waals surface area contributed by atoms with Crippen molar-refractivity contribution in [1.82, 2.24) is 10.2 Å². The largest absolute Gasteiger partial charge is 0.355 e. The lowest BCUT2D eigenvalue weighted by Crippen LogP contribution is -2.34. The fourth-order valence-electron chi connectivity index (χ4n) is 2.45. The molecule has 0 radical (unpaired) electrons. The molecule has 1 aromatic rings. The van der Waals surface area contributed by atoms with Crippen LogP contribution in [0.4, 0.5) is 0 Å². The van der Waals surface area contributed by atoms with Gasteiger partial charge in [-0.1, -0.05) is 30.3 Å². The summed E-state index contributed by atoms with van der Waals surface area (Å²) >= 11 is 0. The van der Waals surface area contributed by atoms with Crippen molar-refractivity contribution in [3.05, 3.63) is 35.9 Å². The van der Waals surface area contributed by atoms with E-state index in [0.29, 0.717) is 6.42 Å². The van der Waals surface area contributed by atoms with E-state index >= 15 is 0 Å². The standard InChI is InChI=1S/C15H23N3O/c16-14(13-6-2-1-3-7-13)12-15(19)17-8-11-18-9-4-5-10-18/h1-3,6-7,14H,4-5,8-12,16H2,(H,17,19). The Labute approximate surface area is 115 Å². The molecular weight excluding hydrogens is 238 g/mol. The normalized spacial score (nSPS) is 17.3. The predicted molar refractivity (Wildman–Crippen MR) is 76.7 cm³/mol. The van der Waals surface area contributed by atoms with Gasteiger partial charge in [0.25, 0.3) is 0 Å². The Balaban J connectivity index is 1.66. The Morgan fingerprint density at radius 1 is 1.26 bits per heavy atom. The summed E-state index contributed by atoms with van der Waals surface area (Å²) in [4.78, 5) is 14.2. The van der Waals surface area contributed by atoms with Crippen LogP contribution in [0, 0.1) is 0 Å². The second-order valence-corrected chi connectivity index (χ2v) is 5.12. The van der Waals surface area contributed by atoms with E-state index in [9.17, 15) is 4.79 Å². The number of nitrogens with two attached hydrogens (primary N) is 1. The Kier molecular flexibility index (Phi) is 5.36. The van der Waals surface area contributed by atoms with Gasteiger partial charge in [-0.05, 0) is 31.5 Å². The van der Waals surface area contributed by atoms with Crippen LogP contribution >= 0.6 is 0 Å². The zero-order valence-electron chi connectivity index (χ0n) is 11.3. The maximum atomic E-state index is 11.8. The predicted octanol–water partition coefficient (Wildman–Crippen LogP) is 1.29. The lowest BCUT2D eigenvalue weighted by molar-refractivity contribution is -0.121. The van der Waals surface area contributed by atoms with Crippen LogP contribution in [-0.4, -0.2) is 37.0 Å². The quantitative estimate of drug-likeness (QED) is 0.811. The van der Waals surface area contributed by atoms with Crippen molar-refractivity contribution in [2.75, 3.05) is 26.2 Å². The number of nitrogens with one attached hydrogen (secondary N) is 1. The first-order chi connectivity index (χ1) is 9.25. The fourth-order valence-corrected chi connectivity index (χ4v) is 2.45. The van der Waals surface area contributed by atoms with Crippen LogP contribution in [0.5, 0.6) is 0 Å². The summed E-state index contributed by atoms with van der Waals surface area (Å²) in [6, 6.07) is 9.55. The third-order valence-corrected chi connectivity index (χ3v) is 3.58. The summed E-state index contributed by atoms with van der Waals surface area (Å²) < 4.78 is 0. The molecule has 1 saturated heterocycles. The molecule has 2 rings (SSSR count). The summed E-state index contributed by atoms with van der Waals surface area (Å²) in [7, 11) is 0. The van der Waals surface area contributed by atoms with Crippen LogP contribution in [-0.2, 0) is 4.79 Å². The van der Waals surface area contributed by atoms with E-state index in [-0.39, 0.29) is 11.9 Å². The Morgan fingerprint density at radius 3 is 2.63 bits per heavy atom. The first-order valence-electron chi connectivity index (χ1n) is 7.05. The van der Waals surface area contributed by atoms with Crippen molar-refractivity contribution in [1.29, 1.82) is 0 Å². The average Bonchev–Trinajstić information content (AvgIpc) is 2.93. The lowest BCUT2D eigenvalue weighted by atomic mass is 10.0. The van der Waals surface area contributed by atoms with Crippen LogP contribution in [0.2, 0.25) is 0 Å². The van der Waals surface area contributed by atoms with E-state index < -0.39 is 0 Å². The third kappa shape index (κ3) is 4.65. The maximum absolute atomic E-state index is 11.8. The molecule has 0 aromatic heterocycles. The van der Waals surface area contributed by atoms with Gasteiger partial charge in [-0.3, -0.25) is 4.79 Å². The molecule has 0 spiro atoms. The molecule has 1 aromatic carbocycles. The highest BCUT2D eigenvalue weighted by atomic mass is 16.1. The highest BCUT2D eigenvalue weighted by Crippen LogP contribution is 2.12. The molecule has 1 heterocycles. The SMILES string of the molecule is NC(CC(=O)NCCN1CCCC1)c1ccccc1. The lowest BCUT2D eigenvalue weighted by Gasteiger charge is -2.16. The summed E-state index contributed by atoms with van der Waals surface area (Å²) in [6.07, 6.45) is 2.92. The van der Waals surface area contributed by atoms with Crippen molar-refractivity contribution >= 4 is 5.91 Å². The average molecular weight is 261 g/mol. The highest BCUT2D eigenvalue weighted by Gasteiger charge is 2.13. The van der Waals surface area contributed by atoms with Gasteiger partial charge in [0.2, 0.25) is 5.91 Å². The topological polar surface area (TPSA) is 58.4 Å². The molecule has 1 fully saturated rings. The number of amides is 1. The maximum Gasteiger partial charge on any atom is 0.221 e. The summed E-state index contributed by atoms with van der Waals surface area (Å²) in [5, 5.41) is 2.95. The monoisotopic (exact) mass is 261 g/mol. The van der Waals surface area contributed by atoms with Crippen LogP contribution in [0.1, 0.15) is 30.9 Å². The van der Waals surface area contributed by atoms with E-state index in [1.165, 1.54) is 25.9 Å². The number of benzene rings is 1. The minimum atomic E-state index is -0.215. The van der Waals surface area contributed by atoms with Crippen LogP contribution in [0.15, 0.2) is 30.3 Å². The van der Waals surface area contributed by atoms with Gasteiger partial charge < -0.3 is 16.0 Å². The van der Waals surface area contributed by atoms with Gasteiger partial charge in [-0.25, -0.2) is 0 Å². The number of nitrogens with zero attached hydrogens (tertiary/aromatic N) is 1. The number of rotatable bonds is 6. The molecule has 4 nitrogen and oxygen atoms in total.